The lowest BCUT2D eigenvalue weighted by Gasteiger charge is -2.46. The van der Waals surface area contributed by atoms with Gasteiger partial charge in [-0.25, -0.2) is 4.39 Å². The molecule has 2 aliphatic heterocycles. The summed E-state index contributed by atoms with van der Waals surface area (Å²) >= 11 is 4.43. The topological polar surface area (TPSA) is 79.6 Å². The summed E-state index contributed by atoms with van der Waals surface area (Å²) in [7, 11) is 1.53. The average molecular weight is 575 g/mol. The second-order valence-electron chi connectivity index (χ2n) is 11.3. The number of anilines is 1. The van der Waals surface area contributed by atoms with Gasteiger partial charge in [0.1, 0.15) is 5.82 Å². The van der Waals surface area contributed by atoms with Crippen molar-refractivity contribution >= 4 is 24.2 Å². The Morgan fingerprint density at radius 3 is 2.75 bits per heavy atom. The van der Waals surface area contributed by atoms with Crippen molar-refractivity contribution in [3.05, 3.63) is 65.0 Å². The molecular weight excluding hydrogens is 530 g/mol. The third-order valence-corrected chi connectivity index (χ3v) is 9.17. The molecule has 4 rings (SSSR count). The van der Waals surface area contributed by atoms with Crippen molar-refractivity contribution in [2.75, 3.05) is 44.6 Å². The normalized spacial score (nSPS) is 24.8. The molecule has 2 bridgehead atoms. The Labute approximate surface area is 242 Å². The van der Waals surface area contributed by atoms with Gasteiger partial charge in [-0.2, -0.15) is 12.6 Å². The van der Waals surface area contributed by atoms with Gasteiger partial charge in [0.25, 0.3) is 0 Å². The standard InChI is InChI=1S/C31H44F2N4O2S/c1-21-26-7-3-8-28(27(26)14-13-24-19-37(21)25(18-35-24)6-4-17-40)36-30(38)29(34)31(20-39-2,15-5-16-32)22-9-11-23(33)12-10-22/h3,7-12,21,24-25,29,35,40H,4-6,13-20,34H2,1-2H3,(H,36,38)/t21?,24?,25?,29-,31?/m1/s1. The summed E-state index contributed by atoms with van der Waals surface area (Å²) in [4.78, 5) is 16.4. The summed E-state index contributed by atoms with van der Waals surface area (Å²) in [6.07, 6.45) is 4.47. The van der Waals surface area contributed by atoms with E-state index in [2.05, 4.69) is 41.2 Å². The molecule has 2 aromatic carbocycles. The van der Waals surface area contributed by atoms with Gasteiger partial charge < -0.3 is 21.1 Å². The van der Waals surface area contributed by atoms with Gasteiger partial charge in [-0.1, -0.05) is 24.3 Å². The summed E-state index contributed by atoms with van der Waals surface area (Å²) in [6.45, 7) is 3.80. The van der Waals surface area contributed by atoms with Crippen LogP contribution in [0.3, 0.4) is 0 Å². The van der Waals surface area contributed by atoms with Crippen LogP contribution < -0.4 is 16.4 Å². The van der Waals surface area contributed by atoms with Crippen LogP contribution in [0.5, 0.6) is 0 Å². The van der Waals surface area contributed by atoms with Gasteiger partial charge in [-0.05, 0) is 86.1 Å². The summed E-state index contributed by atoms with van der Waals surface area (Å²) in [5.74, 6) is 0.121. The minimum Gasteiger partial charge on any atom is -0.384 e. The first-order valence-corrected chi connectivity index (χ1v) is 15.1. The van der Waals surface area contributed by atoms with Crippen LogP contribution >= 0.6 is 12.6 Å². The number of benzene rings is 2. The van der Waals surface area contributed by atoms with E-state index < -0.39 is 23.9 Å². The molecule has 1 saturated heterocycles. The van der Waals surface area contributed by atoms with Crippen LogP contribution in [0.15, 0.2) is 42.5 Å². The van der Waals surface area contributed by atoms with Gasteiger partial charge in [0, 0.05) is 49.4 Å². The number of hydrogen-bond acceptors (Lipinski definition) is 6. The number of thiol groups is 1. The molecule has 2 aliphatic rings. The first-order chi connectivity index (χ1) is 19.3. The highest BCUT2D eigenvalue weighted by molar-refractivity contribution is 7.80. The molecule has 9 heteroatoms. The Hall–Kier alpha value is -2.04. The number of methoxy groups -OCH3 is 1. The van der Waals surface area contributed by atoms with Gasteiger partial charge >= 0.3 is 0 Å². The van der Waals surface area contributed by atoms with E-state index in [1.54, 1.807) is 12.1 Å². The van der Waals surface area contributed by atoms with Crippen molar-refractivity contribution in [3.63, 3.8) is 0 Å². The number of fused-ring (bicyclic) bond motifs is 3. The lowest BCUT2D eigenvalue weighted by molar-refractivity contribution is -0.119. The second kappa shape index (κ2) is 14.2. The third-order valence-electron chi connectivity index (χ3n) is 8.85. The molecule has 40 heavy (non-hydrogen) atoms. The molecule has 0 aliphatic carbocycles. The van der Waals surface area contributed by atoms with Gasteiger partial charge in [-0.3, -0.25) is 14.1 Å². The molecule has 1 amide bonds. The third kappa shape index (κ3) is 6.71. The number of carbonyl (C=O) groups is 1. The van der Waals surface area contributed by atoms with Crippen molar-refractivity contribution in [1.82, 2.24) is 10.2 Å². The molecule has 0 saturated carbocycles. The molecule has 220 valence electrons. The first-order valence-electron chi connectivity index (χ1n) is 14.4. The van der Waals surface area contributed by atoms with Crippen molar-refractivity contribution in [3.8, 4) is 0 Å². The number of halogens is 2. The maximum Gasteiger partial charge on any atom is 0.242 e. The molecule has 5 unspecified atom stereocenters. The number of rotatable bonds is 12. The largest absolute Gasteiger partial charge is 0.384 e. The molecule has 2 heterocycles. The Kier molecular flexibility index (Phi) is 11.0. The molecule has 6 nitrogen and oxygen atoms in total. The molecular formula is C31H44F2N4O2S. The van der Waals surface area contributed by atoms with E-state index in [9.17, 15) is 13.6 Å². The van der Waals surface area contributed by atoms with E-state index in [0.717, 1.165) is 55.8 Å². The predicted octanol–water partition coefficient (Wildman–Crippen LogP) is 4.79. The van der Waals surface area contributed by atoms with Crippen LogP contribution in [-0.2, 0) is 21.4 Å². The number of piperazine rings is 1. The van der Waals surface area contributed by atoms with Crippen LogP contribution in [0.4, 0.5) is 14.5 Å². The van der Waals surface area contributed by atoms with Crippen LogP contribution in [0.25, 0.3) is 0 Å². The average Bonchev–Trinajstić information content (AvgIpc) is 2.96. The van der Waals surface area contributed by atoms with E-state index >= 15 is 0 Å². The van der Waals surface area contributed by atoms with E-state index in [4.69, 9.17) is 10.5 Å². The van der Waals surface area contributed by atoms with Crippen LogP contribution in [-0.4, -0.2) is 68.2 Å². The van der Waals surface area contributed by atoms with Gasteiger partial charge in [0.2, 0.25) is 5.91 Å². The molecule has 1 fully saturated rings. The van der Waals surface area contributed by atoms with Crippen molar-refractivity contribution < 1.29 is 18.3 Å². The number of ether oxygens (including phenoxy) is 1. The number of carbonyl (C=O) groups excluding carboxylic acids is 1. The minimum absolute atomic E-state index is 0.104. The zero-order valence-electron chi connectivity index (χ0n) is 23.7. The lowest BCUT2D eigenvalue weighted by atomic mass is 9.71. The zero-order valence-corrected chi connectivity index (χ0v) is 24.6. The molecule has 4 N–H and O–H groups in total. The fourth-order valence-corrected chi connectivity index (χ4v) is 6.83. The fraction of sp³-hybridized carbons (Fsp3) is 0.581. The molecule has 0 aromatic heterocycles. The van der Waals surface area contributed by atoms with Crippen molar-refractivity contribution in [2.24, 2.45) is 5.73 Å². The smallest absolute Gasteiger partial charge is 0.242 e. The highest BCUT2D eigenvalue weighted by Gasteiger charge is 2.43. The molecule has 6 atom stereocenters. The number of nitrogens with zero attached hydrogens (tertiary/aromatic N) is 1. The van der Waals surface area contributed by atoms with E-state index in [0.29, 0.717) is 17.6 Å². The number of hydrogen-bond donors (Lipinski definition) is 4. The number of alkyl halides is 1. The maximum absolute atomic E-state index is 13.8. The number of nitrogens with one attached hydrogen (secondary N) is 2. The Balaban J connectivity index is 1.64. The second-order valence-corrected chi connectivity index (χ2v) is 11.7. The van der Waals surface area contributed by atoms with Crippen LogP contribution in [0.2, 0.25) is 0 Å². The Morgan fingerprint density at radius 1 is 1.27 bits per heavy atom. The van der Waals surface area contributed by atoms with E-state index in [1.807, 2.05) is 12.1 Å². The highest BCUT2D eigenvalue weighted by atomic mass is 32.1. The summed E-state index contributed by atoms with van der Waals surface area (Å²) in [5, 5.41) is 6.87. The zero-order chi connectivity index (χ0) is 28.7. The van der Waals surface area contributed by atoms with Crippen molar-refractivity contribution in [2.45, 2.75) is 75.0 Å². The molecule has 2 aromatic rings. The quantitative estimate of drug-likeness (QED) is 0.275. The summed E-state index contributed by atoms with van der Waals surface area (Å²) in [6, 6.07) is 12.0. The summed E-state index contributed by atoms with van der Waals surface area (Å²) < 4.78 is 32.7. The first kappa shape index (κ1) is 30.9. The minimum atomic E-state index is -1.04. The summed E-state index contributed by atoms with van der Waals surface area (Å²) in [5.41, 5.74) is 9.46. The Bertz CT molecular complexity index is 1120. The number of amides is 1. The lowest BCUT2D eigenvalue weighted by Crippen LogP contribution is -2.57. The van der Waals surface area contributed by atoms with Crippen LogP contribution in [0, 0.1) is 5.82 Å². The SMILES string of the molecule is COCC(CCCF)(c1ccc(F)cc1)[C@H](N)C(=O)Nc1cccc2c1CCC1CN(C(CCCS)CN1)C2C. The number of nitrogens with two attached hydrogens (primary N) is 1. The van der Waals surface area contributed by atoms with E-state index in [1.165, 1.54) is 24.8 Å². The highest BCUT2D eigenvalue weighted by Crippen LogP contribution is 2.37. The molecule has 0 spiro atoms. The van der Waals surface area contributed by atoms with Gasteiger partial charge in [0.15, 0.2) is 0 Å². The molecule has 0 radical (unpaired) electrons. The monoisotopic (exact) mass is 574 g/mol. The van der Waals surface area contributed by atoms with E-state index in [-0.39, 0.29) is 31.4 Å². The van der Waals surface area contributed by atoms with Gasteiger partial charge in [-0.15, -0.1) is 0 Å². The van der Waals surface area contributed by atoms with Crippen LogP contribution in [0.1, 0.15) is 61.8 Å². The maximum atomic E-state index is 13.8. The predicted molar refractivity (Wildman–Crippen MR) is 160 cm³/mol. The Morgan fingerprint density at radius 2 is 2.05 bits per heavy atom. The fourth-order valence-electron chi connectivity index (χ4n) is 6.65. The van der Waals surface area contributed by atoms with Crippen molar-refractivity contribution in [1.29, 1.82) is 0 Å². The van der Waals surface area contributed by atoms with Gasteiger partial charge in [0.05, 0.1) is 19.3 Å².